The highest BCUT2D eigenvalue weighted by Gasteiger charge is 2.26. The molecular weight excluding hydrogens is 254 g/mol. The van der Waals surface area contributed by atoms with Crippen LogP contribution < -0.4 is 10.1 Å². The minimum Gasteiger partial charge on any atom is -0.493 e. The minimum atomic E-state index is -0.373. The van der Waals surface area contributed by atoms with E-state index in [-0.39, 0.29) is 18.1 Å². The zero-order chi connectivity index (χ0) is 14.4. The Morgan fingerprint density at radius 3 is 2.90 bits per heavy atom. The molecule has 1 aliphatic carbocycles. The number of carbonyl (C=O) groups is 1. The Balaban J connectivity index is 1.63. The van der Waals surface area contributed by atoms with Crippen LogP contribution in [0.15, 0.2) is 24.3 Å². The molecule has 4 nitrogen and oxygen atoms in total. The van der Waals surface area contributed by atoms with Gasteiger partial charge in [-0.1, -0.05) is 18.2 Å². The fraction of sp³-hybridized carbons (Fsp3) is 0.562. The van der Waals surface area contributed by atoms with Crippen LogP contribution in [0.4, 0.5) is 0 Å². The summed E-state index contributed by atoms with van der Waals surface area (Å²) in [6, 6.07) is 7.80. The number of hydrogen-bond donors (Lipinski definition) is 2. The summed E-state index contributed by atoms with van der Waals surface area (Å²) in [5.74, 6) is 0.878. The van der Waals surface area contributed by atoms with Crippen molar-refractivity contribution in [3.63, 3.8) is 0 Å². The van der Waals surface area contributed by atoms with Gasteiger partial charge in [0.1, 0.15) is 5.75 Å². The van der Waals surface area contributed by atoms with Gasteiger partial charge in [0.15, 0.2) is 0 Å². The molecule has 20 heavy (non-hydrogen) atoms. The zero-order valence-corrected chi connectivity index (χ0v) is 12.0. The average molecular weight is 277 g/mol. The van der Waals surface area contributed by atoms with Gasteiger partial charge in [-0.3, -0.25) is 4.79 Å². The van der Waals surface area contributed by atoms with Crippen molar-refractivity contribution in [2.24, 2.45) is 0 Å². The van der Waals surface area contributed by atoms with Crippen LogP contribution in [0.25, 0.3) is 0 Å². The van der Waals surface area contributed by atoms with E-state index in [1.807, 2.05) is 31.2 Å². The average Bonchev–Trinajstić information content (AvgIpc) is 2.82. The maximum atomic E-state index is 11.7. The Bertz CT molecular complexity index is 447. The van der Waals surface area contributed by atoms with Crippen LogP contribution in [-0.4, -0.2) is 29.8 Å². The highest BCUT2D eigenvalue weighted by molar-refractivity contribution is 5.76. The molecule has 0 aromatic heterocycles. The van der Waals surface area contributed by atoms with E-state index < -0.39 is 0 Å². The molecule has 1 saturated carbocycles. The lowest BCUT2D eigenvalue weighted by Gasteiger charge is -2.16. The summed E-state index contributed by atoms with van der Waals surface area (Å²) in [6.45, 7) is 2.54. The van der Waals surface area contributed by atoms with Crippen molar-refractivity contribution in [1.82, 2.24) is 5.32 Å². The quantitative estimate of drug-likeness (QED) is 0.784. The Labute approximate surface area is 120 Å². The lowest BCUT2D eigenvalue weighted by Crippen LogP contribution is -2.39. The Hall–Kier alpha value is -1.55. The van der Waals surface area contributed by atoms with Crippen LogP contribution in [0.5, 0.6) is 5.75 Å². The monoisotopic (exact) mass is 277 g/mol. The van der Waals surface area contributed by atoms with Gasteiger partial charge >= 0.3 is 0 Å². The van der Waals surface area contributed by atoms with E-state index in [2.05, 4.69) is 5.32 Å². The highest BCUT2D eigenvalue weighted by Crippen LogP contribution is 2.19. The standard InChI is InChI=1S/C16H23NO3/c1-12-6-2-3-9-15(12)20-11-5-10-16(19)17-13-7-4-8-14(13)18/h2-3,6,9,13-14,18H,4-5,7-8,10-11H2,1H3,(H,17,19). The zero-order valence-electron chi connectivity index (χ0n) is 12.0. The van der Waals surface area contributed by atoms with E-state index in [0.29, 0.717) is 19.4 Å². The molecule has 1 aromatic carbocycles. The molecule has 2 N–H and O–H groups in total. The number of ether oxygens (including phenoxy) is 1. The first-order chi connectivity index (χ1) is 9.66. The summed E-state index contributed by atoms with van der Waals surface area (Å²) in [7, 11) is 0. The number of hydrogen-bond acceptors (Lipinski definition) is 3. The molecule has 0 bridgehead atoms. The number of aryl methyl sites for hydroxylation is 1. The van der Waals surface area contributed by atoms with Crippen molar-refractivity contribution in [3.8, 4) is 5.75 Å². The van der Waals surface area contributed by atoms with Crippen molar-refractivity contribution in [2.75, 3.05) is 6.61 Å². The molecule has 110 valence electrons. The van der Waals surface area contributed by atoms with Gasteiger partial charge in [0, 0.05) is 6.42 Å². The van der Waals surface area contributed by atoms with Gasteiger partial charge in [0.05, 0.1) is 18.8 Å². The first-order valence-corrected chi connectivity index (χ1v) is 7.32. The van der Waals surface area contributed by atoms with Crippen molar-refractivity contribution in [3.05, 3.63) is 29.8 Å². The van der Waals surface area contributed by atoms with E-state index in [0.717, 1.165) is 30.6 Å². The van der Waals surface area contributed by atoms with Gasteiger partial charge in [-0.2, -0.15) is 0 Å². The van der Waals surface area contributed by atoms with Crippen LogP contribution in [0.3, 0.4) is 0 Å². The highest BCUT2D eigenvalue weighted by atomic mass is 16.5. The normalized spacial score (nSPS) is 21.7. The number of para-hydroxylation sites is 1. The summed E-state index contributed by atoms with van der Waals surface area (Å²) in [4.78, 5) is 11.7. The number of rotatable bonds is 6. The van der Waals surface area contributed by atoms with E-state index in [4.69, 9.17) is 4.74 Å². The lowest BCUT2D eigenvalue weighted by atomic mass is 10.2. The second kappa shape index (κ2) is 7.29. The Kier molecular flexibility index (Phi) is 5.41. The largest absolute Gasteiger partial charge is 0.493 e. The summed E-state index contributed by atoms with van der Waals surface area (Å²) in [6.07, 6.45) is 3.41. The minimum absolute atomic E-state index is 0.00401. The van der Waals surface area contributed by atoms with Gasteiger partial charge in [-0.15, -0.1) is 0 Å². The summed E-state index contributed by atoms with van der Waals surface area (Å²) in [5.41, 5.74) is 1.10. The number of carbonyl (C=O) groups excluding carboxylic acids is 1. The molecule has 1 amide bonds. The van der Waals surface area contributed by atoms with Gasteiger partial charge < -0.3 is 15.2 Å². The topological polar surface area (TPSA) is 58.6 Å². The number of amides is 1. The molecule has 0 spiro atoms. The molecule has 2 rings (SSSR count). The van der Waals surface area contributed by atoms with E-state index in [1.54, 1.807) is 0 Å². The molecule has 1 aliphatic rings. The van der Waals surface area contributed by atoms with Crippen LogP contribution in [0.2, 0.25) is 0 Å². The van der Waals surface area contributed by atoms with Crippen molar-refractivity contribution < 1.29 is 14.6 Å². The lowest BCUT2D eigenvalue weighted by molar-refractivity contribution is -0.122. The maximum Gasteiger partial charge on any atom is 0.220 e. The summed E-state index contributed by atoms with van der Waals surface area (Å²) in [5, 5.41) is 12.5. The molecule has 2 unspecified atom stereocenters. The molecule has 0 radical (unpaired) electrons. The van der Waals surface area contributed by atoms with E-state index >= 15 is 0 Å². The summed E-state index contributed by atoms with van der Waals surface area (Å²) < 4.78 is 5.65. The Morgan fingerprint density at radius 1 is 1.40 bits per heavy atom. The predicted octanol–water partition coefficient (Wildman–Crippen LogP) is 2.18. The molecule has 1 aromatic rings. The summed E-state index contributed by atoms with van der Waals surface area (Å²) >= 11 is 0. The maximum absolute atomic E-state index is 11.7. The van der Waals surface area contributed by atoms with Gasteiger partial charge in [-0.25, -0.2) is 0 Å². The van der Waals surface area contributed by atoms with Crippen LogP contribution in [0, 0.1) is 6.92 Å². The number of aliphatic hydroxyl groups is 1. The second-order valence-corrected chi connectivity index (χ2v) is 5.39. The smallest absolute Gasteiger partial charge is 0.220 e. The van der Waals surface area contributed by atoms with Gasteiger partial charge in [0.25, 0.3) is 0 Å². The molecule has 2 atom stereocenters. The number of benzene rings is 1. The van der Waals surface area contributed by atoms with E-state index in [9.17, 15) is 9.90 Å². The first-order valence-electron chi connectivity index (χ1n) is 7.32. The van der Waals surface area contributed by atoms with Crippen LogP contribution >= 0.6 is 0 Å². The van der Waals surface area contributed by atoms with Crippen LogP contribution in [-0.2, 0) is 4.79 Å². The molecule has 0 saturated heterocycles. The molecule has 0 heterocycles. The first kappa shape index (κ1) is 14.9. The number of aliphatic hydroxyl groups excluding tert-OH is 1. The van der Waals surface area contributed by atoms with E-state index in [1.165, 1.54) is 0 Å². The molecular formula is C16H23NO3. The van der Waals surface area contributed by atoms with Gasteiger partial charge in [0.2, 0.25) is 5.91 Å². The Morgan fingerprint density at radius 2 is 2.20 bits per heavy atom. The number of nitrogens with one attached hydrogen (secondary N) is 1. The molecule has 1 fully saturated rings. The fourth-order valence-electron chi connectivity index (χ4n) is 2.52. The van der Waals surface area contributed by atoms with Gasteiger partial charge in [-0.05, 0) is 44.2 Å². The van der Waals surface area contributed by atoms with Crippen LogP contribution in [0.1, 0.15) is 37.7 Å². The third kappa shape index (κ3) is 4.23. The molecule has 0 aliphatic heterocycles. The third-order valence-electron chi connectivity index (χ3n) is 3.73. The fourth-order valence-corrected chi connectivity index (χ4v) is 2.52. The van der Waals surface area contributed by atoms with Crippen molar-refractivity contribution >= 4 is 5.91 Å². The predicted molar refractivity (Wildman–Crippen MR) is 77.7 cm³/mol. The third-order valence-corrected chi connectivity index (χ3v) is 3.73. The second-order valence-electron chi connectivity index (χ2n) is 5.39. The SMILES string of the molecule is Cc1ccccc1OCCCC(=O)NC1CCCC1O. The van der Waals surface area contributed by atoms with Crippen molar-refractivity contribution in [1.29, 1.82) is 0 Å². The van der Waals surface area contributed by atoms with Crippen molar-refractivity contribution in [2.45, 2.75) is 51.2 Å². The molecule has 4 heteroatoms.